The molecule has 1 heterocycles. The Morgan fingerprint density at radius 1 is 1.32 bits per heavy atom. The lowest BCUT2D eigenvalue weighted by atomic mass is 10.1. The number of hydrogen-bond donors (Lipinski definition) is 1. The Morgan fingerprint density at radius 3 is 2.74 bits per heavy atom. The molecule has 1 atom stereocenters. The molecule has 0 aliphatic heterocycles. The van der Waals surface area contributed by atoms with Crippen molar-refractivity contribution in [3.63, 3.8) is 0 Å². The average Bonchev–Trinajstić information content (AvgIpc) is 2.87. The van der Waals surface area contributed by atoms with Crippen LogP contribution in [-0.2, 0) is 0 Å². The van der Waals surface area contributed by atoms with Gasteiger partial charge in [-0.15, -0.1) is 0 Å². The van der Waals surface area contributed by atoms with Crippen LogP contribution in [-0.4, -0.2) is 16.1 Å². The molecule has 0 saturated heterocycles. The first-order valence-electron chi connectivity index (χ1n) is 6.74. The first-order chi connectivity index (χ1) is 9.22. The smallest absolute Gasteiger partial charge is 0.203 e. The van der Waals surface area contributed by atoms with E-state index in [0.29, 0.717) is 0 Å². The number of imidazole rings is 1. The van der Waals surface area contributed by atoms with Crippen molar-refractivity contribution in [1.29, 1.82) is 0 Å². The second-order valence-corrected chi connectivity index (χ2v) is 5.10. The Labute approximate surface area is 119 Å². The van der Waals surface area contributed by atoms with Gasteiger partial charge in [0.05, 0.1) is 6.04 Å². The summed E-state index contributed by atoms with van der Waals surface area (Å²) in [6, 6.07) is 8.21. The van der Waals surface area contributed by atoms with Gasteiger partial charge in [0.15, 0.2) is 0 Å². The predicted molar refractivity (Wildman–Crippen MR) is 80.9 cm³/mol. The monoisotopic (exact) mass is 277 g/mol. The first kappa shape index (κ1) is 13.9. The molecule has 3 nitrogen and oxygen atoms in total. The van der Waals surface area contributed by atoms with Gasteiger partial charge in [0.25, 0.3) is 0 Å². The van der Waals surface area contributed by atoms with Crippen LogP contribution in [0.4, 0.5) is 5.95 Å². The van der Waals surface area contributed by atoms with E-state index in [1.807, 2.05) is 24.5 Å². The number of benzene rings is 1. The summed E-state index contributed by atoms with van der Waals surface area (Å²) in [5, 5.41) is 4.15. The van der Waals surface area contributed by atoms with Crippen molar-refractivity contribution in [3.8, 4) is 0 Å². The summed E-state index contributed by atoms with van der Waals surface area (Å²) in [4.78, 5) is 4.38. The minimum Gasteiger partial charge on any atom is -0.356 e. The van der Waals surface area contributed by atoms with Crippen LogP contribution in [0, 0.1) is 0 Å². The molecule has 0 aliphatic rings. The molecule has 0 spiro atoms. The largest absolute Gasteiger partial charge is 0.356 e. The van der Waals surface area contributed by atoms with Gasteiger partial charge in [0, 0.05) is 24.0 Å². The Kier molecular flexibility index (Phi) is 4.86. The zero-order chi connectivity index (χ0) is 13.7. The molecule has 19 heavy (non-hydrogen) atoms. The molecule has 2 rings (SSSR count). The van der Waals surface area contributed by atoms with Crippen molar-refractivity contribution < 1.29 is 0 Å². The molecule has 4 heteroatoms. The van der Waals surface area contributed by atoms with Crippen LogP contribution < -0.4 is 5.32 Å². The highest BCUT2D eigenvalue weighted by atomic mass is 35.5. The van der Waals surface area contributed by atoms with Crippen LogP contribution >= 0.6 is 11.6 Å². The number of rotatable bonds is 6. The van der Waals surface area contributed by atoms with Crippen molar-refractivity contribution >= 4 is 17.5 Å². The highest BCUT2D eigenvalue weighted by molar-refractivity contribution is 6.30. The van der Waals surface area contributed by atoms with Gasteiger partial charge in [0.2, 0.25) is 5.95 Å². The normalized spacial score (nSPS) is 12.4. The van der Waals surface area contributed by atoms with Crippen LogP contribution in [0.3, 0.4) is 0 Å². The van der Waals surface area contributed by atoms with Crippen molar-refractivity contribution in [2.24, 2.45) is 0 Å². The first-order valence-corrected chi connectivity index (χ1v) is 7.12. The van der Waals surface area contributed by atoms with Gasteiger partial charge in [0.1, 0.15) is 0 Å². The molecule has 0 bridgehead atoms. The molecule has 102 valence electrons. The van der Waals surface area contributed by atoms with Crippen LogP contribution in [0.25, 0.3) is 0 Å². The fraction of sp³-hybridized carbons (Fsp3) is 0.400. The van der Waals surface area contributed by atoms with Gasteiger partial charge in [-0.05, 0) is 31.0 Å². The van der Waals surface area contributed by atoms with Crippen LogP contribution in [0.2, 0.25) is 5.02 Å². The van der Waals surface area contributed by atoms with E-state index in [1.54, 1.807) is 0 Å². The maximum Gasteiger partial charge on any atom is 0.203 e. The summed E-state index contributed by atoms with van der Waals surface area (Å²) >= 11 is 5.93. The van der Waals surface area contributed by atoms with E-state index in [4.69, 9.17) is 11.6 Å². The molecular weight excluding hydrogens is 258 g/mol. The SMILES string of the molecule is CCCCNc1nccn1C(C)c1ccc(Cl)cc1. The van der Waals surface area contributed by atoms with Gasteiger partial charge in [-0.3, -0.25) is 0 Å². The van der Waals surface area contributed by atoms with Crippen LogP contribution in [0.5, 0.6) is 0 Å². The molecule has 0 amide bonds. The van der Waals surface area contributed by atoms with Crippen molar-refractivity contribution in [2.45, 2.75) is 32.7 Å². The molecule has 1 aromatic heterocycles. The van der Waals surface area contributed by atoms with Crippen molar-refractivity contribution in [3.05, 3.63) is 47.2 Å². The highest BCUT2D eigenvalue weighted by Crippen LogP contribution is 2.23. The predicted octanol–water partition coefficient (Wildman–Crippen LogP) is 4.36. The molecule has 0 aliphatic carbocycles. The number of halogens is 1. The van der Waals surface area contributed by atoms with E-state index in [2.05, 4.69) is 40.8 Å². The van der Waals surface area contributed by atoms with Gasteiger partial charge >= 0.3 is 0 Å². The number of nitrogens with one attached hydrogen (secondary N) is 1. The molecule has 0 saturated carbocycles. The minimum absolute atomic E-state index is 0.240. The summed E-state index contributed by atoms with van der Waals surface area (Å²) in [7, 11) is 0. The number of hydrogen-bond acceptors (Lipinski definition) is 2. The summed E-state index contributed by atoms with van der Waals surface area (Å²) in [5.41, 5.74) is 1.22. The summed E-state index contributed by atoms with van der Waals surface area (Å²) < 4.78 is 2.15. The van der Waals surface area contributed by atoms with Gasteiger partial charge < -0.3 is 9.88 Å². The average molecular weight is 278 g/mol. The van der Waals surface area contributed by atoms with Gasteiger partial charge in [-0.1, -0.05) is 37.1 Å². The topological polar surface area (TPSA) is 29.9 Å². The summed E-state index contributed by atoms with van der Waals surface area (Å²) in [6.45, 7) is 5.31. The van der Waals surface area contributed by atoms with Gasteiger partial charge in [-0.2, -0.15) is 0 Å². The molecule has 0 radical (unpaired) electrons. The second-order valence-electron chi connectivity index (χ2n) is 4.67. The zero-order valence-corrected chi connectivity index (χ0v) is 12.2. The molecule has 1 aromatic carbocycles. The quantitative estimate of drug-likeness (QED) is 0.795. The number of anilines is 1. The zero-order valence-electron chi connectivity index (χ0n) is 11.4. The third-order valence-electron chi connectivity index (χ3n) is 3.25. The lowest BCUT2D eigenvalue weighted by molar-refractivity contribution is 0.641. The molecule has 1 unspecified atom stereocenters. The van der Waals surface area contributed by atoms with Crippen molar-refractivity contribution in [1.82, 2.24) is 9.55 Å². The summed E-state index contributed by atoms with van der Waals surface area (Å²) in [6.07, 6.45) is 6.18. The van der Waals surface area contributed by atoms with E-state index < -0.39 is 0 Å². The third kappa shape index (κ3) is 3.51. The number of aromatic nitrogens is 2. The van der Waals surface area contributed by atoms with Crippen molar-refractivity contribution in [2.75, 3.05) is 11.9 Å². The minimum atomic E-state index is 0.240. The van der Waals surface area contributed by atoms with E-state index in [9.17, 15) is 0 Å². The lowest BCUT2D eigenvalue weighted by Crippen LogP contribution is -2.12. The van der Waals surface area contributed by atoms with E-state index in [1.165, 1.54) is 12.0 Å². The summed E-state index contributed by atoms with van der Waals surface area (Å²) in [5.74, 6) is 0.927. The third-order valence-corrected chi connectivity index (χ3v) is 3.50. The Hall–Kier alpha value is -1.48. The fourth-order valence-corrected chi connectivity index (χ4v) is 2.17. The Balaban J connectivity index is 2.12. The van der Waals surface area contributed by atoms with Crippen LogP contribution in [0.1, 0.15) is 38.3 Å². The lowest BCUT2D eigenvalue weighted by Gasteiger charge is -2.17. The van der Waals surface area contributed by atoms with Gasteiger partial charge in [-0.25, -0.2) is 4.98 Å². The number of nitrogens with zero attached hydrogens (tertiary/aromatic N) is 2. The van der Waals surface area contributed by atoms with E-state index in [0.717, 1.165) is 23.9 Å². The Bertz CT molecular complexity index is 504. The standard InChI is InChI=1S/C15H20ClN3/c1-3-4-9-17-15-18-10-11-19(15)12(2)13-5-7-14(16)8-6-13/h5-8,10-12H,3-4,9H2,1-2H3,(H,17,18). The van der Waals surface area contributed by atoms with E-state index in [-0.39, 0.29) is 6.04 Å². The molecule has 1 N–H and O–H groups in total. The maximum atomic E-state index is 5.93. The number of unbranched alkanes of at least 4 members (excludes halogenated alkanes) is 1. The Morgan fingerprint density at radius 2 is 2.05 bits per heavy atom. The maximum absolute atomic E-state index is 5.93. The fourth-order valence-electron chi connectivity index (χ4n) is 2.04. The molecular formula is C15H20ClN3. The molecule has 2 aromatic rings. The second kappa shape index (κ2) is 6.62. The highest BCUT2D eigenvalue weighted by Gasteiger charge is 2.11. The van der Waals surface area contributed by atoms with Crippen LogP contribution in [0.15, 0.2) is 36.7 Å². The molecule has 0 fully saturated rings. The van der Waals surface area contributed by atoms with E-state index >= 15 is 0 Å².